The Morgan fingerprint density at radius 3 is 2.43 bits per heavy atom. The van der Waals surface area contributed by atoms with Gasteiger partial charge in [-0.2, -0.15) is 5.10 Å². The molecule has 6 heteroatoms. The predicted molar refractivity (Wildman–Crippen MR) is 85.6 cm³/mol. The molecule has 0 radical (unpaired) electrons. The van der Waals surface area contributed by atoms with E-state index in [0.717, 1.165) is 0 Å². The van der Waals surface area contributed by atoms with E-state index >= 15 is 0 Å². The molecule has 0 aliphatic rings. The minimum absolute atomic E-state index is 0.333. The number of ether oxygens (including phenoxy) is 2. The average Bonchev–Trinajstić information content (AvgIpc) is 2.59. The van der Waals surface area contributed by atoms with E-state index in [1.54, 1.807) is 43.3 Å². The molecule has 0 aliphatic carbocycles. The summed E-state index contributed by atoms with van der Waals surface area (Å²) in [6, 6.07) is 11.0. The molecule has 0 unspecified atom stereocenters. The van der Waals surface area contributed by atoms with E-state index in [2.05, 4.69) is 10.5 Å². The third-order valence-electron chi connectivity index (χ3n) is 3.23. The zero-order valence-electron chi connectivity index (χ0n) is 13.1. The van der Waals surface area contributed by atoms with Gasteiger partial charge in [0.05, 0.1) is 19.9 Å². The van der Waals surface area contributed by atoms with Gasteiger partial charge in [0.2, 0.25) is 0 Å². The van der Waals surface area contributed by atoms with Crippen LogP contribution in [0.5, 0.6) is 11.5 Å². The van der Waals surface area contributed by atoms with Crippen LogP contribution in [0.1, 0.15) is 22.8 Å². The van der Waals surface area contributed by atoms with Gasteiger partial charge < -0.3 is 9.47 Å². The van der Waals surface area contributed by atoms with Crippen LogP contribution in [0, 0.1) is 5.82 Å². The van der Waals surface area contributed by atoms with Crippen LogP contribution in [0.25, 0.3) is 0 Å². The van der Waals surface area contributed by atoms with Gasteiger partial charge >= 0.3 is 0 Å². The fourth-order valence-electron chi connectivity index (χ4n) is 1.99. The normalized spacial score (nSPS) is 11.0. The number of rotatable bonds is 5. The second kappa shape index (κ2) is 7.40. The number of carbonyl (C=O) groups is 1. The SMILES string of the molecule is COc1ccc(C(=O)N/N=C(/C)c2ccccc2F)cc1OC. The fourth-order valence-corrected chi connectivity index (χ4v) is 1.99. The van der Waals surface area contributed by atoms with Gasteiger partial charge in [0, 0.05) is 11.1 Å². The molecule has 1 N–H and O–H groups in total. The number of nitrogens with one attached hydrogen (secondary N) is 1. The topological polar surface area (TPSA) is 59.9 Å². The molecule has 2 aromatic rings. The summed E-state index contributed by atoms with van der Waals surface area (Å²) in [5.74, 6) is 0.140. The number of hydrogen-bond donors (Lipinski definition) is 1. The monoisotopic (exact) mass is 316 g/mol. The minimum Gasteiger partial charge on any atom is -0.493 e. The summed E-state index contributed by atoms with van der Waals surface area (Å²) < 4.78 is 23.9. The molecule has 0 bridgehead atoms. The second-order valence-electron chi connectivity index (χ2n) is 4.69. The molecule has 0 atom stereocenters. The molecule has 2 rings (SSSR count). The molecule has 0 saturated heterocycles. The Morgan fingerprint density at radius 1 is 1.09 bits per heavy atom. The van der Waals surface area contributed by atoms with Crippen LogP contribution in [0.2, 0.25) is 0 Å². The average molecular weight is 316 g/mol. The highest BCUT2D eigenvalue weighted by Crippen LogP contribution is 2.27. The summed E-state index contributed by atoms with van der Waals surface area (Å²) in [5, 5.41) is 3.93. The molecule has 5 nitrogen and oxygen atoms in total. The van der Waals surface area contributed by atoms with Gasteiger partial charge in [0.25, 0.3) is 5.91 Å². The van der Waals surface area contributed by atoms with Crippen molar-refractivity contribution in [1.82, 2.24) is 5.43 Å². The highest BCUT2D eigenvalue weighted by Gasteiger charge is 2.11. The van der Waals surface area contributed by atoms with E-state index < -0.39 is 11.7 Å². The lowest BCUT2D eigenvalue weighted by atomic mass is 10.1. The molecular weight excluding hydrogens is 299 g/mol. The first-order valence-electron chi connectivity index (χ1n) is 6.88. The van der Waals surface area contributed by atoms with Gasteiger partial charge in [-0.25, -0.2) is 9.82 Å². The van der Waals surface area contributed by atoms with Gasteiger partial charge in [-0.15, -0.1) is 0 Å². The molecule has 0 saturated carbocycles. The number of hydrazone groups is 1. The van der Waals surface area contributed by atoms with Crippen molar-refractivity contribution in [3.8, 4) is 11.5 Å². The van der Waals surface area contributed by atoms with Crippen LogP contribution >= 0.6 is 0 Å². The molecule has 0 fully saturated rings. The molecule has 120 valence electrons. The number of hydrogen-bond acceptors (Lipinski definition) is 4. The number of carbonyl (C=O) groups excluding carboxylic acids is 1. The summed E-state index contributed by atoms with van der Waals surface area (Å²) in [7, 11) is 3.00. The Hall–Kier alpha value is -2.89. The molecule has 0 aromatic heterocycles. The highest BCUT2D eigenvalue weighted by atomic mass is 19.1. The number of halogens is 1. The number of methoxy groups -OCH3 is 2. The van der Waals surface area contributed by atoms with Crippen molar-refractivity contribution in [3.05, 3.63) is 59.4 Å². The van der Waals surface area contributed by atoms with E-state index in [1.165, 1.54) is 20.3 Å². The van der Waals surface area contributed by atoms with Crippen LogP contribution < -0.4 is 14.9 Å². The zero-order chi connectivity index (χ0) is 16.8. The van der Waals surface area contributed by atoms with Crippen molar-refractivity contribution in [2.45, 2.75) is 6.92 Å². The Balaban J connectivity index is 2.16. The summed E-state index contributed by atoms with van der Waals surface area (Å²) in [6.07, 6.45) is 0. The maximum Gasteiger partial charge on any atom is 0.271 e. The standard InChI is InChI=1S/C17H17FN2O3/c1-11(13-6-4-5-7-14(13)18)19-20-17(21)12-8-9-15(22-2)16(10-12)23-3/h4-10H,1-3H3,(H,20,21)/b19-11-. The van der Waals surface area contributed by atoms with E-state index in [1.807, 2.05) is 0 Å². The Labute approximate surface area is 133 Å². The van der Waals surface area contributed by atoms with Crippen molar-refractivity contribution < 1.29 is 18.7 Å². The predicted octanol–water partition coefficient (Wildman–Crippen LogP) is 3.00. The summed E-state index contributed by atoms with van der Waals surface area (Å²) >= 11 is 0. The van der Waals surface area contributed by atoms with E-state index in [0.29, 0.717) is 28.3 Å². The van der Waals surface area contributed by atoms with Crippen LogP contribution in [0.4, 0.5) is 4.39 Å². The lowest BCUT2D eigenvalue weighted by molar-refractivity contribution is 0.0954. The highest BCUT2D eigenvalue weighted by molar-refractivity contribution is 6.01. The summed E-state index contributed by atoms with van der Waals surface area (Å²) in [4.78, 5) is 12.1. The lowest BCUT2D eigenvalue weighted by Gasteiger charge is -2.09. The van der Waals surface area contributed by atoms with E-state index in [-0.39, 0.29) is 0 Å². The van der Waals surface area contributed by atoms with Crippen molar-refractivity contribution >= 4 is 11.6 Å². The molecule has 1 amide bonds. The van der Waals surface area contributed by atoms with Crippen LogP contribution in [-0.4, -0.2) is 25.8 Å². The smallest absolute Gasteiger partial charge is 0.271 e. The molecule has 23 heavy (non-hydrogen) atoms. The second-order valence-corrected chi connectivity index (χ2v) is 4.69. The molecule has 0 spiro atoms. The molecular formula is C17H17FN2O3. The quantitative estimate of drug-likeness (QED) is 0.681. The number of benzene rings is 2. The van der Waals surface area contributed by atoms with Gasteiger partial charge in [-0.1, -0.05) is 18.2 Å². The van der Waals surface area contributed by atoms with Gasteiger partial charge in [0.15, 0.2) is 11.5 Å². The first-order chi connectivity index (χ1) is 11.1. The molecule has 0 heterocycles. The first-order valence-corrected chi connectivity index (χ1v) is 6.88. The minimum atomic E-state index is -0.429. The largest absolute Gasteiger partial charge is 0.493 e. The van der Waals surface area contributed by atoms with E-state index in [4.69, 9.17) is 9.47 Å². The Kier molecular flexibility index (Phi) is 5.30. The van der Waals surface area contributed by atoms with Crippen molar-refractivity contribution in [2.24, 2.45) is 5.10 Å². The Bertz CT molecular complexity index is 744. The Morgan fingerprint density at radius 2 is 1.78 bits per heavy atom. The summed E-state index contributed by atoms with van der Waals surface area (Å²) in [5.41, 5.74) is 3.46. The third-order valence-corrected chi connectivity index (χ3v) is 3.23. The zero-order valence-corrected chi connectivity index (χ0v) is 13.1. The first kappa shape index (κ1) is 16.5. The van der Waals surface area contributed by atoms with E-state index in [9.17, 15) is 9.18 Å². The number of nitrogens with zero attached hydrogens (tertiary/aromatic N) is 1. The van der Waals surface area contributed by atoms with Crippen LogP contribution in [-0.2, 0) is 0 Å². The lowest BCUT2D eigenvalue weighted by Crippen LogP contribution is -2.19. The maximum atomic E-state index is 13.6. The molecule has 0 aliphatic heterocycles. The fraction of sp³-hybridized carbons (Fsp3) is 0.176. The molecule has 2 aromatic carbocycles. The van der Waals surface area contributed by atoms with Crippen LogP contribution in [0.15, 0.2) is 47.6 Å². The number of amides is 1. The van der Waals surface area contributed by atoms with Crippen molar-refractivity contribution in [2.75, 3.05) is 14.2 Å². The van der Waals surface area contributed by atoms with Gasteiger partial charge in [0.1, 0.15) is 5.82 Å². The van der Waals surface area contributed by atoms with Crippen molar-refractivity contribution in [1.29, 1.82) is 0 Å². The van der Waals surface area contributed by atoms with Crippen LogP contribution in [0.3, 0.4) is 0 Å². The maximum absolute atomic E-state index is 13.6. The third kappa shape index (κ3) is 3.85. The summed E-state index contributed by atoms with van der Waals surface area (Å²) in [6.45, 7) is 1.62. The van der Waals surface area contributed by atoms with Gasteiger partial charge in [-0.3, -0.25) is 4.79 Å². The van der Waals surface area contributed by atoms with Gasteiger partial charge in [-0.05, 0) is 31.2 Å². The van der Waals surface area contributed by atoms with Crippen molar-refractivity contribution in [3.63, 3.8) is 0 Å².